The van der Waals surface area contributed by atoms with Crippen LogP contribution >= 0.6 is 8.19 Å². The van der Waals surface area contributed by atoms with Crippen molar-refractivity contribution in [2.24, 2.45) is 0 Å². The molecule has 0 saturated heterocycles. The number of benzene rings is 3. The van der Waals surface area contributed by atoms with Crippen LogP contribution < -0.4 is 19.7 Å². The third-order valence-electron chi connectivity index (χ3n) is 4.91. The van der Waals surface area contributed by atoms with Gasteiger partial charge < -0.3 is 19.7 Å². The van der Waals surface area contributed by atoms with Crippen molar-refractivity contribution in [2.75, 3.05) is 28.4 Å². The van der Waals surface area contributed by atoms with E-state index in [1.54, 1.807) is 14.2 Å². The number of hydrogen-bond donors (Lipinski definition) is 0. The van der Waals surface area contributed by atoms with Gasteiger partial charge in [0.2, 0.25) is 0 Å². The van der Waals surface area contributed by atoms with Crippen LogP contribution in [0.3, 0.4) is 0 Å². The molecule has 0 bridgehead atoms. The van der Waals surface area contributed by atoms with Gasteiger partial charge in [-0.05, 0) is 0 Å². The van der Waals surface area contributed by atoms with Gasteiger partial charge in [-0.15, -0.1) is 34.3 Å². The Labute approximate surface area is 224 Å². The molecule has 0 aliphatic carbocycles. The molecule has 5 aromatic rings. The average Bonchev–Trinajstić information content (AvgIpc) is 3.61. The van der Waals surface area contributed by atoms with Gasteiger partial charge in [-0.25, -0.2) is 0 Å². The summed E-state index contributed by atoms with van der Waals surface area (Å²) in [6.07, 6.45) is 0. The fourth-order valence-corrected chi connectivity index (χ4v) is 4.41. The van der Waals surface area contributed by atoms with E-state index in [4.69, 9.17) is 19.7 Å². The van der Waals surface area contributed by atoms with Crippen LogP contribution in [0.1, 0.15) is 0 Å². The molecule has 0 fully saturated rings. The first-order valence-electron chi connectivity index (χ1n) is 10.6. The number of fused-ring (bicyclic) bond motifs is 1. The summed E-state index contributed by atoms with van der Waals surface area (Å²) in [4.78, 5) is 0. The van der Waals surface area contributed by atoms with Crippen molar-refractivity contribution in [3.8, 4) is 33.5 Å². The van der Waals surface area contributed by atoms with Crippen LogP contribution in [0.4, 0.5) is 0 Å². The minimum atomic E-state index is 0. The summed E-state index contributed by atoms with van der Waals surface area (Å²) >= 11 is 0. The maximum atomic E-state index is 8.25. The van der Waals surface area contributed by atoms with Crippen LogP contribution in [0.2, 0.25) is 0 Å². The average molecular weight is 520 g/mol. The molecular formula is C29H29O4PTi. The largest absolute Gasteiger partial charge is 4.00 e. The Morgan fingerprint density at radius 2 is 1.29 bits per heavy atom. The minimum Gasteiger partial charge on any atom is -0.857 e. The fraction of sp³-hybridized carbons (Fsp3) is 0.138. The van der Waals surface area contributed by atoms with E-state index in [2.05, 4.69) is 72.5 Å². The zero-order valence-electron chi connectivity index (χ0n) is 20.4. The number of ether oxygens (including phenoxy) is 2. The molecule has 0 aliphatic rings. The standard InChI is InChI=1S/C16H12P.C11H11O2.2CH3O.Ti/c1-3-7-13(8-4-1)15-11-16(17-12-15)14-9-5-2-6-10-14;1-12-10-6-8-4-3-5-9(8)7-11(10)13-2;2*1-2;/h1-10,12,17H;3-7H,1-2H3;2*1H3;/q4*-1;+4. The summed E-state index contributed by atoms with van der Waals surface area (Å²) in [6.45, 7) is 0. The summed E-state index contributed by atoms with van der Waals surface area (Å²) in [5.74, 6) is 3.83. The first kappa shape index (κ1) is 30.3. The molecule has 1 heterocycles. The molecule has 4 aromatic carbocycles. The van der Waals surface area contributed by atoms with E-state index in [1.165, 1.54) is 32.8 Å². The molecule has 1 unspecified atom stereocenters. The van der Waals surface area contributed by atoms with Crippen LogP contribution in [-0.4, -0.2) is 28.4 Å². The molecule has 0 spiro atoms. The summed E-state index contributed by atoms with van der Waals surface area (Å²) in [6, 6.07) is 34.6. The van der Waals surface area contributed by atoms with Crippen molar-refractivity contribution in [3.05, 3.63) is 103 Å². The monoisotopic (exact) mass is 520 g/mol. The van der Waals surface area contributed by atoms with Crippen molar-refractivity contribution in [3.63, 3.8) is 0 Å². The molecule has 0 amide bonds. The van der Waals surface area contributed by atoms with Gasteiger partial charge in [0.15, 0.2) is 0 Å². The van der Waals surface area contributed by atoms with Gasteiger partial charge in [0.05, 0.1) is 14.2 Å². The SMILES string of the molecule is COc1cc2cc[cH-]c2cc1OC.C[O-].C[O-].[Ti+4].[c-]1c(-c2ccccc2)c[pH]c1-c1ccccc1. The Morgan fingerprint density at radius 3 is 1.86 bits per heavy atom. The fourth-order valence-electron chi connectivity index (χ4n) is 3.34. The summed E-state index contributed by atoms with van der Waals surface area (Å²) < 4.78 is 10.4. The van der Waals surface area contributed by atoms with Crippen LogP contribution in [-0.2, 0) is 21.7 Å². The Bertz CT molecular complexity index is 1130. The van der Waals surface area contributed by atoms with Crippen molar-refractivity contribution < 1.29 is 41.4 Å². The molecule has 4 nitrogen and oxygen atoms in total. The Balaban J connectivity index is 0.000000307. The molecule has 1 aromatic heterocycles. The first-order chi connectivity index (χ1) is 16.8. The van der Waals surface area contributed by atoms with E-state index in [0.29, 0.717) is 0 Å². The van der Waals surface area contributed by atoms with Crippen molar-refractivity contribution in [1.82, 2.24) is 0 Å². The summed E-state index contributed by atoms with van der Waals surface area (Å²) in [5, 5.41) is 20.2. The normalized spacial score (nSPS) is 9.43. The number of methoxy groups -OCH3 is 2. The van der Waals surface area contributed by atoms with Gasteiger partial charge in [0.25, 0.3) is 0 Å². The van der Waals surface area contributed by atoms with E-state index in [0.717, 1.165) is 33.9 Å². The van der Waals surface area contributed by atoms with E-state index >= 15 is 0 Å². The second-order valence-corrected chi connectivity index (χ2v) is 7.87. The maximum absolute atomic E-state index is 8.25. The Kier molecular flexibility index (Phi) is 14.6. The molecule has 178 valence electrons. The van der Waals surface area contributed by atoms with Crippen molar-refractivity contribution in [1.29, 1.82) is 0 Å². The van der Waals surface area contributed by atoms with Crippen molar-refractivity contribution in [2.45, 2.75) is 0 Å². The van der Waals surface area contributed by atoms with Crippen LogP contribution in [0, 0.1) is 6.07 Å². The van der Waals surface area contributed by atoms with Gasteiger partial charge in [0, 0.05) is 0 Å². The van der Waals surface area contributed by atoms with E-state index in [1.807, 2.05) is 30.3 Å². The molecule has 0 N–H and O–H groups in total. The first-order valence-corrected chi connectivity index (χ1v) is 11.7. The zero-order valence-corrected chi connectivity index (χ0v) is 22.9. The molecular weight excluding hydrogens is 491 g/mol. The predicted octanol–water partition coefficient (Wildman–Crippen LogP) is 5.38. The Hall–Kier alpha value is -2.72. The second kappa shape index (κ2) is 16.8. The summed E-state index contributed by atoms with van der Waals surface area (Å²) in [7, 11) is 5.52. The quantitative estimate of drug-likeness (QED) is 0.236. The molecule has 1 atom stereocenters. The van der Waals surface area contributed by atoms with Gasteiger partial charge in [-0.2, -0.15) is 34.5 Å². The zero-order chi connectivity index (χ0) is 24.8. The third-order valence-corrected chi connectivity index (χ3v) is 6.04. The van der Waals surface area contributed by atoms with Crippen molar-refractivity contribution >= 4 is 19.0 Å². The predicted molar refractivity (Wildman–Crippen MR) is 140 cm³/mol. The number of hydrogen-bond acceptors (Lipinski definition) is 4. The molecule has 6 heteroatoms. The Morgan fingerprint density at radius 1 is 0.743 bits per heavy atom. The second-order valence-electron chi connectivity index (χ2n) is 6.80. The summed E-state index contributed by atoms with van der Waals surface area (Å²) in [5.41, 5.74) is 3.77. The third kappa shape index (κ3) is 8.47. The van der Waals surface area contributed by atoms with E-state index in [-0.39, 0.29) is 21.7 Å². The van der Waals surface area contributed by atoms with Gasteiger partial charge in [0.1, 0.15) is 11.5 Å². The molecule has 0 radical (unpaired) electrons. The molecule has 0 aliphatic heterocycles. The van der Waals surface area contributed by atoms with Gasteiger partial charge >= 0.3 is 21.7 Å². The molecule has 35 heavy (non-hydrogen) atoms. The minimum absolute atomic E-state index is 0. The van der Waals surface area contributed by atoms with Gasteiger partial charge in [-0.1, -0.05) is 89.2 Å². The van der Waals surface area contributed by atoms with E-state index < -0.39 is 0 Å². The number of rotatable bonds is 4. The smallest absolute Gasteiger partial charge is 0.857 e. The van der Waals surface area contributed by atoms with Crippen LogP contribution in [0.25, 0.3) is 32.8 Å². The van der Waals surface area contributed by atoms with Crippen LogP contribution in [0.15, 0.2) is 96.8 Å². The van der Waals surface area contributed by atoms with Crippen LogP contribution in [0.5, 0.6) is 11.5 Å². The van der Waals surface area contributed by atoms with Gasteiger partial charge in [-0.3, -0.25) is 0 Å². The maximum Gasteiger partial charge on any atom is 4.00 e. The van der Waals surface area contributed by atoms with E-state index in [9.17, 15) is 0 Å². The topological polar surface area (TPSA) is 64.6 Å². The molecule has 0 saturated carbocycles. The molecule has 5 rings (SSSR count).